The Hall–Kier alpha value is -1.76. The summed E-state index contributed by atoms with van der Waals surface area (Å²) in [4.78, 5) is 22.9. The molecule has 0 aliphatic carbocycles. The molecule has 0 spiro atoms. The summed E-state index contributed by atoms with van der Waals surface area (Å²) < 4.78 is 11.1. The van der Waals surface area contributed by atoms with Gasteiger partial charge in [0.05, 0.1) is 18.7 Å². The lowest BCUT2D eigenvalue weighted by atomic mass is 9.92. The number of carboxylic acids is 1. The van der Waals surface area contributed by atoms with Crippen molar-refractivity contribution in [3.63, 3.8) is 0 Å². The highest BCUT2D eigenvalue weighted by Crippen LogP contribution is 2.36. The van der Waals surface area contributed by atoms with E-state index in [0.29, 0.717) is 16.0 Å². The quantitative estimate of drug-likeness (QED) is 0.760. The number of amides is 1. The van der Waals surface area contributed by atoms with E-state index in [2.05, 4.69) is 21.2 Å². The third kappa shape index (κ3) is 3.87. The highest BCUT2D eigenvalue weighted by Gasteiger charge is 2.35. The van der Waals surface area contributed by atoms with Crippen LogP contribution in [0.5, 0.6) is 11.5 Å². The van der Waals surface area contributed by atoms with Crippen molar-refractivity contribution in [2.24, 2.45) is 5.41 Å². The molecule has 0 saturated carbocycles. The zero-order valence-corrected chi connectivity index (χ0v) is 13.9. The number of carboxylic acid groups (broad SMARTS) is 1. The molecule has 7 heteroatoms. The molecule has 0 fully saturated rings. The summed E-state index contributed by atoms with van der Waals surface area (Å²) in [7, 11) is 3.04. The smallest absolute Gasteiger partial charge is 0.318 e. The van der Waals surface area contributed by atoms with E-state index in [-0.39, 0.29) is 6.54 Å². The standard InChI is InChI=1S/C14H18BrNO5/c1-14(2,13(18)19)12(17)16-7-8-5-9(15)11(21-4)10(6-8)20-3/h5-6H,7H2,1-4H3,(H,16,17)(H,18,19). The summed E-state index contributed by atoms with van der Waals surface area (Å²) in [6, 6.07) is 3.49. The van der Waals surface area contributed by atoms with Gasteiger partial charge in [0.2, 0.25) is 5.91 Å². The van der Waals surface area contributed by atoms with Gasteiger partial charge in [0.1, 0.15) is 5.41 Å². The van der Waals surface area contributed by atoms with Crippen LogP contribution in [0.4, 0.5) is 0 Å². The molecule has 0 radical (unpaired) electrons. The van der Waals surface area contributed by atoms with Gasteiger partial charge in [-0.1, -0.05) is 0 Å². The van der Waals surface area contributed by atoms with Crippen LogP contribution < -0.4 is 14.8 Å². The van der Waals surface area contributed by atoms with Gasteiger partial charge in [-0.3, -0.25) is 9.59 Å². The number of carbonyl (C=O) groups is 2. The molecule has 116 valence electrons. The fourth-order valence-corrected chi connectivity index (χ4v) is 2.23. The molecule has 1 aromatic carbocycles. The zero-order valence-electron chi connectivity index (χ0n) is 12.3. The Balaban J connectivity index is 2.88. The van der Waals surface area contributed by atoms with Gasteiger partial charge in [-0.25, -0.2) is 0 Å². The second-order valence-corrected chi connectivity index (χ2v) is 5.78. The van der Waals surface area contributed by atoms with Crippen LogP contribution in [0, 0.1) is 5.41 Å². The maximum Gasteiger partial charge on any atom is 0.318 e. The zero-order chi connectivity index (χ0) is 16.2. The van der Waals surface area contributed by atoms with Crippen molar-refractivity contribution in [1.29, 1.82) is 0 Å². The monoisotopic (exact) mass is 359 g/mol. The number of nitrogens with one attached hydrogen (secondary N) is 1. The number of carbonyl (C=O) groups excluding carboxylic acids is 1. The van der Waals surface area contributed by atoms with Gasteiger partial charge in [-0.15, -0.1) is 0 Å². The maximum absolute atomic E-state index is 11.9. The molecule has 1 amide bonds. The molecule has 2 N–H and O–H groups in total. The largest absolute Gasteiger partial charge is 0.493 e. The molecule has 1 aromatic rings. The molecule has 0 unspecified atom stereocenters. The highest BCUT2D eigenvalue weighted by molar-refractivity contribution is 9.10. The lowest BCUT2D eigenvalue weighted by Crippen LogP contribution is -2.41. The summed E-state index contributed by atoms with van der Waals surface area (Å²) >= 11 is 3.36. The normalized spacial score (nSPS) is 10.9. The first kappa shape index (κ1) is 17.3. The number of halogens is 1. The number of benzene rings is 1. The molecule has 6 nitrogen and oxygen atoms in total. The molecule has 1 rings (SSSR count). The minimum absolute atomic E-state index is 0.189. The van der Waals surface area contributed by atoms with E-state index in [9.17, 15) is 9.59 Å². The summed E-state index contributed by atoms with van der Waals surface area (Å²) in [5.41, 5.74) is -0.720. The third-order valence-electron chi connectivity index (χ3n) is 3.05. The minimum atomic E-state index is -1.48. The van der Waals surface area contributed by atoms with Crippen LogP contribution in [0.25, 0.3) is 0 Å². The number of rotatable bonds is 6. The van der Waals surface area contributed by atoms with Crippen LogP contribution >= 0.6 is 15.9 Å². The number of hydrogen-bond donors (Lipinski definition) is 2. The first-order valence-electron chi connectivity index (χ1n) is 6.16. The van der Waals surface area contributed by atoms with Crippen LogP contribution in [0.15, 0.2) is 16.6 Å². The van der Waals surface area contributed by atoms with Crippen molar-refractivity contribution in [2.45, 2.75) is 20.4 Å². The fourth-order valence-electron chi connectivity index (χ4n) is 1.57. The predicted octanol–water partition coefficient (Wildman–Crippen LogP) is 2.19. The molecule has 0 aliphatic heterocycles. The minimum Gasteiger partial charge on any atom is -0.493 e. The fraction of sp³-hybridized carbons (Fsp3) is 0.429. The summed E-state index contributed by atoms with van der Waals surface area (Å²) in [5.74, 6) is -0.651. The molecule has 0 saturated heterocycles. The lowest BCUT2D eigenvalue weighted by molar-refractivity contribution is -0.153. The molecule has 0 heterocycles. The van der Waals surface area contributed by atoms with E-state index in [1.807, 2.05) is 0 Å². The highest BCUT2D eigenvalue weighted by atomic mass is 79.9. The van der Waals surface area contributed by atoms with Gasteiger partial charge >= 0.3 is 5.97 Å². The topological polar surface area (TPSA) is 84.9 Å². The van der Waals surface area contributed by atoms with E-state index in [4.69, 9.17) is 14.6 Å². The lowest BCUT2D eigenvalue weighted by Gasteiger charge is -2.19. The number of methoxy groups -OCH3 is 2. The summed E-state index contributed by atoms with van der Waals surface area (Å²) in [5, 5.41) is 11.6. The van der Waals surface area contributed by atoms with Crippen LogP contribution in [-0.4, -0.2) is 31.2 Å². The van der Waals surface area contributed by atoms with Gasteiger partial charge in [-0.2, -0.15) is 0 Å². The van der Waals surface area contributed by atoms with E-state index in [1.165, 1.54) is 28.1 Å². The first-order valence-corrected chi connectivity index (χ1v) is 6.95. The SMILES string of the molecule is COc1cc(CNC(=O)C(C)(C)C(=O)O)cc(Br)c1OC. The van der Waals surface area contributed by atoms with Gasteiger partial charge in [0, 0.05) is 6.54 Å². The first-order chi connectivity index (χ1) is 9.73. The molecule has 21 heavy (non-hydrogen) atoms. The van der Waals surface area contributed by atoms with Crippen LogP contribution in [0.1, 0.15) is 19.4 Å². The van der Waals surface area contributed by atoms with E-state index in [1.54, 1.807) is 12.1 Å². The Labute approximate surface area is 131 Å². The second-order valence-electron chi connectivity index (χ2n) is 4.93. The molecule has 0 aliphatic rings. The second kappa shape index (κ2) is 6.80. The molecular weight excluding hydrogens is 342 g/mol. The van der Waals surface area contributed by atoms with Gasteiger partial charge < -0.3 is 19.9 Å². The molecule has 0 bridgehead atoms. The average Bonchev–Trinajstić information content (AvgIpc) is 2.43. The average molecular weight is 360 g/mol. The number of hydrogen-bond acceptors (Lipinski definition) is 4. The van der Waals surface area contributed by atoms with Gasteiger partial charge in [-0.05, 0) is 47.5 Å². The van der Waals surface area contributed by atoms with Gasteiger partial charge in [0.15, 0.2) is 11.5 Å². The van der Waals surface area contributed by atoms with Crippen molar-refractivity contribution >= 4 is 27.8 Å². The van der Waals surface area contributed by atoms with Crippen molar-refractivity contribution in [3.8, 4) is 11.5 Å². The Bertz CT molecular complexity index is 557. The van der Waals surface area contributed by atoms with Crippen molar-refractivity contribution < 1.29 is 24.2 Å². The molecular formula is C14H18BrNO5. The van der Waals surface area contributed by atoms with Crippen LogP contribution in [-0.2, 0) is 16.1 Å². The number of aliphatic carboxylic acids is 1. The van der Waals surface area contributed by atoms with Crippen molar-refractivity contribution in [3.05, 3.63) is 22.2 Å². The maximum atomic E-state index is 11.9. The Morgan fingerprint density at radius 2 is 1.90 bits per heavy atom. The van der Waals surface area contributed by atoms with Crippen molar-refractivity contribution in [1.82, 2.24) is 5.32 Å². The Morgan fingerprint density at radius 1 is 1.29 bits per heavy atom. The molecule has 0 aromatic heterocycles. The van der Waals surface area contributed by atoms with E-state index < -0.39 is 17.3 Å². The predicted molar refractivity (Wildman–Crippen MR) is 80.5 cm³/mol. The van der Waals surface area contributed by atoms with Crippen LogP contribution in [0.2, 0.25) is 0 Å². The van der Waals surface area contributed by atoms with Crippen molar-refractivity contribution in [2.75, 3.05) is 14.2 Å². The van der Waals surface area contributed by atoms with Crippen LogP contribution in [0.3, 0.4) is 0 Å². The number of ether oxygens (including phenoxy) is 2. The molecule has 0 atom stereocenters. The van der Waals surface area contributed by atoms with E-state index >= 15 is 0 Å². The summed E-state index contributed by atoms with van der Waals surface area (Å²) in [6.45, 7) is 2.90. The Kier molecular flexibility index (Phi) is 5.60. The summed E-state index contributed by atoms with van der Waals surface area (Å²) in [6.07, 6.45) is 0. The third-order valence-corrected chi connectivity index (χ3v) is 3.64. The van der Waals surface area contributed by atoms with Gasteiger partial charge in [0.25, 0.3) is 0 Å². The Morgan fingerprint density at radius 3 is 2.38 bits per heavy atom. The van der Waals surface area contributed by atoms with E-state index in [0.717, 1.165) is 5.56 Å².